The van der Waals surface area contributed by atoms with E-state index in [1.165, 1.54) is 0 Å². The van der Waals surface area contributed by atoms with Gasteiger partial charge in [-0.1, -0.05) is 0 Å². The molecule has 2 saturated heterocycles. The minimum Gasteiger partial charge on any atom is -0.385 e. The van der Waals surface area contributed by atoms with Gasteiger partial charge < -0.3 is 5.11 Å². The van der Waals surface area contributed by atoms with E-state index in [0.717, 1.165) is 25.0 Å². The van der Waals surface area contributed by atoms with Gasteiger partial charge in [0.05, 0.1) is 11.2 Å². The number of thioether (sulfide) groups is 1. The lowest BCUT2D eigenvalue weighted by Gasteiger charge is -2.36. The highest BCUT2D eigenvalue weighted by Gasteiger charge is 2.47. The Balaban J connectivity index is 2.06. The van der Waals surface area contributed by atoms with Gasteiger partial charge in [0.1, 0.15) is 5.82 Å². The fourth-order valence-corrected chi connectivity index (χ4v) is 4.91. The molecule has 0 saturated carbocycles. The molecular formula is C13H13F3OS. The maximum atomic E-state index is 13.8. The molecule has 0 radical (unpaired) electrons. The predicted molar refractivity (Wildman–Crippen MR) is 63.8 cm³/mol. The van der Waals surface area contributed by atoms with Crippen molar-refractivity contribution in [3.05, 3.63) is 35.1 Å². The van der Waals surface area contributed by atoms with Gasteiger partial charge in [-0.25, -0.2) is 13.2 Å². The molecule has 0 amide bonds. The third kappa shape index (κ3) is 1.84. The van der Waals surface area contributed by atoms with Crippen LogP contribution < -0.4 is 0 Å². The topological polar surface area (TPSA) is 20.2 Å². The molecule has 1 aromatic rings. The Morgan fingerprint density at radius 2 is 1.61 bits per heavy atom. The van der Waals surface area contributed by atoms with Crippen molar-refractivity contribution in [2.45, 2.75) is 41.8 Å². The fraction of sp³-hybridized carbons (Fsp3) is 0.538. The number of halogens is 3. The Morgan fingerprint density at radius 3 is 2.22 bits per heavy atom. The first kappa shape index (κ1) is 12.4. The van der Waals surface area contributed by atoms with Crippen LogP contribution in [0, 0.1) is 17.5 Å². The van der Waals surface area contributed by atoms with Crippen molar-refractivity contribution in [2.24, 2.45) is 0 Å². The van der Waals surface area contributed by atoms with Gasteiger partial charge in [-0.05, 0) is 37.8 Å². The minimum atomic E-state index is -1.56. The lowest BCUT2D eigenvalue weighted by molar-refractivity contribution is 0.0120. The molecule has 1 nitrogen and oxygen atoms in total. The van der Waals surface area contributed by atoms with E-state index in [2.05, 4.69) is 0 Å². The van der Waals surface area contributed by atoms with Gasteiger partial charge in [-0.3, -0.25) is 0 Å². The monoisotopic (exact) mass is 274 g/mol. The van der Waals surface area contributed by atoms with Crippen molar-refractivity contribution in [2.75, 3.05) is 0 Å². The average molecular weight is 274 g/mol. The van der Waals surface area contributed by atoms with E-state index < -0.39 is 28.6 Å². The molecule has 2 aliphatic heterocycles. The van der Waals surface area contributed by atoms with Crippen molar-refractivity contribution in [3.8, 4) is 0 Å². The summed E-state index contributed by atoms with van der Waals surface area (Å²) < 4.78 is 40.8. The maximum Gasteiger partial charge on any atom is 0.167 e. The minimum absolute atomic E-state index is 0.218. The molecule has 2 aliphatic rings. The molecule has 1 N–H and O–H groups in total. The largest absolute Gasteiger partial charge is 0.385 e. The van der Waals surface area contributed by atoms with E-state index in [9.17, 15) is 18.3 Å². The third-order valence-electron chi connectivity index (χ3n) is 3.84. The van der Waals surface area contributed by atoms with Crippen LogP contribution in [0.15, 0.2) is 12.1 Å². The average Bonchev–Trinajstić information content (AvgIpc) is 2.64. The second-order valence-corrected chi connectivity index (χ2v) is 6.72. The van der Waals surface area contributed by atoms with Crippen LogP contribution in [0.25, 0.3) is 0 Å². The Kier molecular flexibility index (Phi) is 2.86. The number of rotatable bonds is 1. The standard InChI is InChI=1S/C13H13F3OS/c14-9-3-4-10(15)12(16)11(9)13(17)5-7-1-2-8(6-13)18-7/h3-4,7-8,17H,1-2,5-6H2. The Hall–Kier alpha value is -0.680. The zero-order valence-electron chi connectivity index (χ0n) is 9.63. The number of benzene rings is 1. The van der Waals surface area contributed by atoms with E-state index in [-0.39, 0.29) is 10.5 Å². The van der Waals surface area contributed by atoms with Crippen LogP contribution >= 0.6 is 11.8 Å². The van der Waals surface area contributed by atoms with Crippen LogP contribution in [0.1, 0.15) is 31.2 Å². The first-order chi connectivity index (χ1) is 8.49. The lowest BCUT2D eigenvalue weighted by Crippen LogP contribution is -2.36. The van der Waals surface area contributed by atoms with Gasteiger partial charge in [-0.2, -0.15) is 11.8 Å². The van der Waals surface area contributed by atoms with E-state index in [1.807, 2.05) is 0 Å². The fourth-order valence-electron chi connectivity index (χ4n) is 3.07. The quantitative estimate of drug-likeness (QED) is 0.792. The van der Waals surface area contributed by atoms with E-state index in [4.69, 9.17) is 0 Å². The molecule has 0 spiro atoms. The molecule has 1 aromatic carbocycles. The molecule has 98 valence electrons. The Bertz CT molecular complexity index is 479. The van der Waals surface area contributed by atoms with Crippen LogP contribution in [0.5, 0.6) is 0 Å². The zero-order valence-corrected chi connectivity index (χ0v) is 10.4. The normalized spacial score (nSPS) is 34.9. The molecule has 3 rings (SSSR count). The summed E-state index contributed by atoms with van der Waals surface area (Å²) in [6.07, 6.45) is 2.50. The molecule has 18 heavy (non-hydrogen) atoms. The van der Waals surface area contributed by atoms with Crippen LogP contribution in [0.4, 0.5) is 13.2 Å². The van der Waals surface area contributed by atoms with Gasteiger partial charge in [-0.15, -0.1) is 0 Å². The molecule has 0 aromatic heterocycles. The SMILES string of the molecule is OC1(c2c(F)ccc(F)c2F)CC2CCC(C1)S2. The summed E-state index contributed by atoms with van der Waals surface area (Å²) in [5.41, 5.74) is -2.05. The van der Waals surface area contributed by atoms with Crippen LogP contribution in [0.2, 0.25) is 0 Å². The summed E-state index contributed by atoms with van der Waals surface area (Å²) in [7, 11) is 0. The summed E-state index contributed by atoms with van der Waals surface area (Å²) in [4.78, 5) is 0. The smallest absolute Gasteiger partial charge is 0.167 e. The highest BCUT2D eigenvalue weighted by Crippen LogP contribution is 2.52. The first-order valence-electron chi connectivity index (χ1n) is 6.01. The van der Waals surface area contributed by atoms with Crippen molar-refractivity contribution in [1.29, 1.82) is 0 Å². The number of hydrogen-bond acceptors (Lipinski definition) is 2. The number of hydrogen-bond donors (Lipinski definition) is 1. The lowest BCUT2D eigenvalue weighted by atomic mass is 9.85. The highest BCUT2D eigenvalue weighted by atomic mass is 32.2. The first-order valence-corrected chi connectivity index (χ1v) is 6.96. The zero-order chi connectivity index (χ0) is 12.9. The molecule has 2 atom stereocenters. The molecule has 2 fully saturated rings. The van der Waals surface area contributed by atoms with Crippen LogP contribution in [-0.4, -0.2) is 15.6 Å². The Labute approximate surface area is 107 Å². The van der Waals surface area contributed by atoms with Crippen molar-refractivity contribution in [1.82, 2.24) is 0 Å². The van der Waals surface area contributed by atoms with Crippen molar-refractivity contribution >= 4 is 11.8 Å². The van der Waals surface area contributed by atoms with E-state index in [1.54, 1.807) is 11.8 Å². The molecule has 2 unspecified atom stereocenters. The Morgan fingerprint density at radius 1 is 1.06 bits per heavy atom. The molecule has 5 heteroatoms. The van der Waals surface area contributed by atoms with E-state index in [0.29, 0.717) is 12.8 Å². The summed E-state index contributed by atoms with van der Waals surface area (Å²) in [6, 6.07) is 1.64. The molecule has 2 heterocycles. The summed E-state index contributed by atoms with van der Waals surface area (Å²) in [5, 5.41) is 11.0. The van der Waals surface area contributed by atoms with Gasteiger partial charge in [0, 0.05) is 10.5 Å². The second kappa shape index (κ2) is 4.17. The summed E-state index contributed by atoms with van der Waals surface area (Å²) >= 11 is 1.77. The summed E-state index contributed by atoms with van der Waals surface area (Å²) in [5.74, 6) is -3.21. The second-order valence-electron chi connectivity index (χ2n) is 5.12. The van der Waals surface area contributed by atoms with Gasteiger partial charge >= 0.3 is 0 Å². The van der Waals surface area contributed by atoms with Crippen LogP contribution in [-0.2, 0) is 5.60 Å². The number of aliphatic hydroxyl groups is 1. The third-order valence-corrected chi connectivity index (χ3v) is 5.41. The maximum absolute atomic E-state index is 13.8. The van der Waals surface area contributed by atoms with Gasteiger partial charge in [0.25, 0.3) is 0 Å². The molecule has 2 bridgehead atoms. The highest BCUT2D eigenvalue weighted by molar-refractivity contribution is 8.00. The van der Waals surface area contributed by atoms with Crippen molar-refractivity contribution in [3.63, 3.8) is 0 Å². The summed E-state index contributed by atoms with van der Waals surface area (Å²) in [6.45, 7) is 0. The van der Waals surface area contributed by atoms with Crippen LogP contribution in [0.3, 0.4) is 0 Å². The van der Waals surface area contributed by atoms with Crippen molar-refractivity contribution < 1.29 is 18.3 Å². The molecule has 0 aliphatic carbocycles. The van der Waals surface area contributed by atoms with Gasteiger partial charge in [0.2, 0.25) is 0 Å². The predicted octanol–water partition coefficient (Wildman–Crippen LogP) is 3.35. The van der Waals surface area contributed by atoms with Gasteiger partial charge in [0.15, 0.2) is 11.6 Å². The van der Waals surface area contributed by atoms with E-state index >= 15 is 0 Å². The molecular weight excluding hydrogens is 261 g/mol. The number of fused-ring (bicyclic) bond motifs is 2.